The van der Waals surface area contributed by atoms with Gasteiger partial charge >= 0.3 is 5.97 Å². The molecule has 94 valence electrons. The first kappa shape index (κ1) is 12.3. The van der Waals surface area contributed by atoms with Crippen molar-refractivity contribution in [2.75, 3.05) is 31.1 Å². The van der Waals surface area contributed by atoms with Crippen LogP contribution in [0.4, 0.5) is 5.13 Å². The predicted molar refractivity (Wildman–Crippen MR) is 67.7 cm³/mol. The first-order valence-corrected chi connectivity index (χ1v) is 6.54. The first-order valence-electron chi connectivity index (χ1n) is 5.72. The number of carboxylic acid groups (broad SMARTS) is 1. The SMILES string of the molecule is Cc1cnc(N2CCN(C(C)C(=O)O)CC2)s1. The number of piperazine rings is 1. The predicted octanol–water partition coefficient (Wildman–Crippen LogP) is 1.05. The van der Waals surface area contributed by atoms with Gasteiger partial charge in [0.15, 0.2) is 5.13 Å². The maximum absolute atomic E-state index is 10.9. The molecule has 17 heavy (non-hydrogen) atoms. The zero-order chi connectivity index (χ0) is 12.4. The number of anilines is 1. The second-order valence-corrected chi connectivity index (χ2v) is 5.50. The molecule has 6 heteroatoms. The smallest absolute Gasteiger partial charge is 0.320 e. The molecular weight excluding hydrogens is 238 g/mol. The Morgan fingerprint density at radius 2 is 2.12 bits per heavy atom. The van der Waals surface area contributed by atoms with Crippen molar-refractivity contribution >= 4 is 22.4 Å². The lowest BCUT2D eigenvalue weighted by Gasteiger charge is -2.36. The number of aliphatic carboxylic acids is 1. The van der Waals surface area contributed by atoms with Crippen LogP contribution in [0.1, 0.15) is 11.8 Å². The maximum atomic E-state index is 10.9. The zero-order valence-electron chi connectivity index (χ0n) is 10.1. The van der Waals surface area contributed by atoms with Crippen LogP contribution in [0.5, 0.6) is 0 Å². The number of carbonyl (C=O) groups is 1. The molecule has 1 atom stereocenters. The van der Waals surface area contributed by atoms with Crippen molar-refractivity contribution in [2.45, 2.75) is 19.9 Å². The van der Waals surface area contributed by atoms with Gasteiger partial charge in [0.05, 0.1) is 0 Å². The Balaban J connectivity index is 1.92. The lowest BCUT2D eigenvalue weighted by Crippen LogP contribution is -2.51. The van der Waals surface area contributed by atoms with E-state index in [9.17, 15) is 4.79 Å². The second kappa shape index (κ2) is 5.01. The van der Waals surface area contributed by atoms with Crippen molar-refractivity contribution < 1.29 is 9.90 Å². The number of rotatable bonds is 3. The summed E-state index contributed by atoms with van der Waals surface area (Å²) in [5.41, 5.74) is 0. The Bertz CT molecular complexity index is 399. The minimum atomic E-state index is -0.747. The van der Waals surface area contributed by atoms with Crippen molar-refractivity contribution in [1.82, 2.24) is 9.88 Å². The van der Waals surface area contributed by atoms with E-state index in [0.29, 0.717) is 0 Å². The van der Waals surface area contributed by atoms with Crippen molar-refractivity contribution in [3.05, 3.63) is 11.1 Å². The zero-order valence-corrected chi connectivity index (χ0v) is 10.9. The van der Waals surface area contributed by atoms with Crippen molar-refractivity contribution in [1.29, 1.82) is 0 Å². The summed E-state index contributed by atoms with van der Waals surface area (Å²) in [5, 5.41) is 10.0. The fraction of sp³-hybridized carbons (Fsp3) is 0.636. The summed E-state index contributed by atoms with van der Waals surface area (Å²) in [6, 6.07) is -0.393. The van der Waals surface area contributed by atoms with Crippen LogP contribution >= 0.6 is 11.3 Å². The summed E-state index contributed by atoms with van der Waals surface area (Å²) in [6.45, 7) is 7.06. The van der Waals surface area contributed by atoms with Crippen LogP contribution < -0.4 is 4.90 Å². The van der Waals surface area contributed by atoms with E-state index in [4.69, 9.17) is 5.11 Å². The molecule has 0 radical (unpaired) electrons. The summed E-state index contributed by atoms with van der Waals surface area (Å²) in [6.07, 6.45) is 1.88. The number of thiazole rings is 1. The molecule has 0 saturated carbocycles. The van der Waals surface area contributed by atoms with Gasteiger partial charge in [-0.3, -0.25) is 9.69 Å². The lowest BCUT2D eigenvalue weighted by atomic mass is 10.2. The van der Waals surface area contributed by atoms with Gasteiger partial charge in [0, 0.05) is 37.3 Å². The highest BCUT2D eigenvalue weighted by atomic mass is 32.1. The van der Waals surface area contributed by atoms with E-state index >= 15 is 0 Å². The number of hydrogen-bond acceptors (Lipinski definition) is 5. The Kier molecular flexibility index (Phi) is 3.63. The maximum Gasteiger partial charge on any atom is 0.320 e. The van der Waals surface area contributed by atoms with Crippen LogP contribution in [-0.4, -0.2) is 53.2 Å². The van der Waals surface area contributed by atoms with E-state index in [1.54, 1.807) is 18.3 Å². The molecule has 1 unspecified atom stereocenters. The Morgan fingerprint density at radius 1 is 1.47 bits per heavy atom. The average Bonchev–Trinajstić information content (AvgIpc) is 2.75. The molecule has 1 aromatic rings. The number of carboxylic acids is 1. The summed E-state index contributed by atoms with van der Waals surface area (Å²) in [4.78, 5) is 20.7. The van der Waals surface area contributed by atoms with E-state index in [0.717, 1.165) is 31.3 Å². The van der Waals surface area contributed by atoms with E-state index in [2.05, 4.69) is 9.88 Å². The molecule has 0 bridgehead atoms. The second-order valence-electron chi connectivity index (χ2n) is 4.29. The normalized spacial score (nSPS) is 19.3. The van der Waals surface area contributed by atoms with Crippen LogP contribution in [0.25, 0.3) is 0 Å². The highest BCUT2D eigenvalue weighted by Gasteiger charge is 2.25. The van der Waals surface area contributed by atoms with Gasteiger partial charge < -0.3 is 10.0 Å². The van der Waals surface area contributed by atoms with Gasteiger partial charge in [-0.15, -0.1) is 11.3 Å². The molecule has 0 spiro atoms. The van der Waals surface area contributed by atoms with Crippen LogP contribution in [-0.2, 0) is 4.79 Å². The largest absolute Gasteiger partial charge is 0.480 e. The monoisotopic (exact) mass is 255 g/mol. The molecule has 0 amide bonds. The van der Waals surface area contributed by atoms with Gasteiger partial charge in [-0.05, 0) is 13.8 Å². The van der Waals surface area contributed by atoms with Crippen LogP contribution in [0.3, 0.4) is 0 Å². The first-order chi connectivity index (χ1) is 8.08. The minimum absolute atomic E-state index is 0.393. The molecule has 1 N–H and O–H groups in total. The molecule has 2 heterocycles. The van der Waals surface area contributed by atoms with E-state index in [-0.39, 0.29) is 0 Å². The molecule has 1 saturated heterocycles. The Hall–Kier alpha value is -1.14. The molecule has 1 aliphatic heterocycles. The van der Waals surface area contributed by atoms with E-state index < -0.39 is 12.0 Å². The molecule has 1 aliphatic rings. The molecule has 0 aromatic carbocycles. The van der Waals surface area contributed by atoms with Crippen molar-refractivity contribution in [3.8, 4) is 0 Å². The van der Waals surface area contributed by atoms with Gasteiger partial charge in [0.2, 0.25) is 0 Å². The summed E-state index contributed by atoms with van der Waals surface area (Å²) >= 11 is 1.69. The molecule has 2 rings (SSSR count). The van der Waals surface area contributed by atoms with Crippen molar-refractivity contribution in [2.24, 2.45) is 0 Å². The lowest BCUT2D eigenvalue weighted by molar-refractivity contribution is -0.142. The topological polar surface area (TPSA) is 56.7 Å². The van der Waals surface area contributed by atoms with Crippen LogP contribution in [0, 0.1) is 6.92 Å². The molecule has 1 fully saturated rings. The van der Waals surface area contributed by atoms with E-state index in [1.165, 1.54) is 4.88 Å². The molecule has 0 aliphatic carbocycles. The van der Waals surface area contributed by atoms with Crippen molar-refractivity contribution in [3.63, 3.8) is 0 Å². The van der Waals surface area contributed by atoms with Gasteiger partial charge in [0.25, 0.3) is 0 Å². The molecule has 1 aromatic heterocycles. The van der Waals surface area contributed by atoms with Gasteiger partial charge in [-0.25, -0.2) is 4.98 Å². The average molecular weight is 255 g/mol. The van der Waals surface area contributed by atoms with E-state index in [1.807, 2.05) is 18.0 Å². The molecule has 5 nitrogen and oxygen atoms in total. The third kappa shape index (κ3) is 2.76. The van der Waals surface area contributed by atoms with Gasteiger partial charge in [-0.1, -0.05) is 0 Å². The molecular formula is C11H17N3O2S. The number of nitrogens with zero attached hydrogens (tertiary/aromatic N) is 3. The quantitative estimate of drug-likeness (QED) is 0.875. The highest BCUT2D eigenvalue weighted by Crippen LogP contribution is 2.23. The van der Waals surface area contributed by atoms with Crippen LogP contribution in [0.15, 0.2) is 6.20 Å². The number of aromatic nitrogens is 1. The third-order valence-electron chi connectivity index (χ3n) is 3.10. The third-order valence-corrected chi connectivity index (χ3v) is 4.07. The summed E-state index contributed by atoms with van der Waals surface area (Å²) in [5.74, 6) is -0.747. The van der Waals surface area contributed by atoms with Gasteiger partial charge in [-0.2, -0.15) is 0 Å². The number of hydrogen-bond donors (Lipinski definition) is 1. The standard InChI is InChI=1S/C11H17N3O2S/c1-8-7-12-11(17-8)14-5-3-13(4-6-14)9(2)10(15)16/h7,9H,3-6H2,1-2H3,(H,15,16). The van der Waals surface area contributed by atoms with Crippen LogP contribution in [0.2, 0.25) is 0 Å². The minimum Gasteiger partial charge on any atom is -0.480 e. The fourth-order valence-corrected chi connectivity index (χ4v) is 2.76. The fourth-order valence-electron chi connectivity index (χ4n) is 1.95. The summed E-state index contributed by atoms with van der Waals surface area (Å²) < 4.78 is 0. The number of aryl methyl sites for hydroxylation is 1. The highest BCUT2D eigenvalue weighted by molar-refractivity contribution is 7.15. The Labute approximate surface area is 105 Å². The summed E-state index contributed by atoms with van der Waals surface area (Å²) in [7, 11) is 0. The Morgan fingerprint density at radius 3 is 2.59 bits per heavy atom. The van der Waals surface area contributed by atoms with Gasteiger partial charge in [0.1, 0.15) is 6.04 Å².